The average Bonchev–Trinajstić information content (AvgIpc) is 2.57. The number of carbonyl (C=O) groups excluding carboxylic acids is 1. The fourth-order valence-corrected chi connectivity index (χ4v) is 2.59. The number of benzene rings is 1. The molecule has 3 rings (SSSR count). The lowest BCUT2D eigenvalue weighted by Crippen LogP contribution is -2.26. The summed E-state index contributed by atoms with van der Waals surface area (Å²) in [5.41, 5.74) is 0.793. The fourth-order valence-electron chi connectivity index (χ4n) is 2.37. The fraction of sp³-hybridized carbons (Fsp3) is 0.294. The zero-order valence-corrected chi connectivity index (χ0v) is 13.6. The third kappa shape index (κ3) is 4.15. The highest BCUT2D eigenvalue weighted by Crippen LogP contribution is 2.26. The maximum atomic E-state index is 12.2. The van der Waals surface area contributed by atoms with Crippen LogP contribution in [0.1, 0.15) is 23.2 Å². The number of rotatable bonds is 4. The summed E-state index contributed by atoms with van der Waals surface area (Å²) in [7, 11) is 0. The van der Waals surface area contributed by atoms with Gasteiger partial charge in [-0.15, -0.1) is 0 Å². The summed E-state index contributed by atoms with van der Waals surface area (Å²) in [5.74, 6) is 0.0225. The first-order valence-corrected chi connectivity index (χ1v) is 8.00. The maximum absolute atomic E-state index is 12.2. The number of nitrogens with zero attached hydrogens (tertiary/aromatic N) is 1. The molecule has 1 amide bonds. The maximum Gasteiger partial charge on any atom is 0.257 e. The third-order valence-corrected chi connectivity index (χ3v) is 3.89. The standard InChI is InChI=1S/C17H17ClN2O4/c18-15-8-11(16(22)20-12-2-1-3-13(21)9-12)10-19-17(15)24-14-4-6-23-7-5-14/h1-3,8-10,14,21H,4-7H2,(H,20,22). The van der Waals surface area contributed by atoms with E-state index in [0.29, 0.717) is 30.3 Å². The highest BCUT2D eigenvalue weighted by Gasteiger charge is 2.18. The van der Waals surface area contributed by atoms with Crippen LogP contribution >= 0.6 is 11.6 Å². The summed E-state index contributed by atoms with van der Waals surface area (Å²) in [4.78, 5) is 16.4. The Kier molecular flexibility index (Phi) is 5.17. The van der Waals surface area contributed by atoms with Crippen LogP contribution in [0.5, 0.6) is 11.6 Å². The molecule has 1 aliphatic heterocycles. The minimum atomic E-state index is -0.368. The van der Waals surface area contributed by atoms with Crippen LogP contribution < -0.4 is 10.1 Å². The molecular weight excluding hydrogens is 332 g/mol. The lowest BCUT2D eigenvalue weighted by Gasteiger charge is -2.23. The van der Waals surface area contributed by atoms with Crippen molar-refractivity contribution < 1.29 is 19.4 Å². The van der Waals surface area contributed by atoms with Gasteiger partial charge in [-0.3, -0.25) is 4.79 Å². The lowest BCUT2D eigenvalue weighted by atomic mass is 10.1. The van der Waals surface area contributed by atoms with E-state index in [0.717, 1.165) is 12.8 Å². The van der Waals surface area contributed by atoms with E-state index >= 15 is 0 Å². The van der Waals surface area contributed by atoms with Gasteiger partial charge in [0.05, 0.1) is 18.8 Å². The Morgan fingerprint density at radius 3 is 2.83 bits per heavy atom. The molecule has 0 unspecified atom stereocenters. The van der Waals surface area contributed by atoms with Crippen molar-refractivity contribution in [2.75, 3.05) is 18.5 Å². The second-order valence-corrected chi connectivity index (χ2v) is 5.85. The highest BCUT2D eigenvalue weighted by molar-refractivity contribution is 6.32. The third-order valence-electron chi connectivity index (χ3n) is 3.62. The molecule has 1 saturated heterocycles. The first kappa shape index (κ1) is 16.5. The highest BCUT2D eigenvalue weighted by atomic mass is 35.5. The zero-order valence-electron chi connectivity index (χ0n) is 12.9. The summed E-state index contributed by atoms with van der Waals surface area (Å²) in [6.07, 6.45) is 3.02. The molecule has 6 nitrogen and oxygen atoms in total. The molecule has 0 bridgehead atoms. The number of halogens is 1. The molecule has 0 spiro atoms. The summed E-state index contributed by atoms with van der Waals surface area (Å²) >= 11 is 6.18. The molecule has 0 saturated carbocycles. The van der Waals surface area contributed by atoms with E-state index in [9.17, 15) is 9.90 Å². The Labute approximate surface area is 144 Å². The molecule has 0 aliphatic carbocycles. The molecule has 1 fully saturated rings. The van der Waals surface area contributed by atoms with Crippen LogP contribution in [0.4, 0.5) is 5.69 Å². The van der Waals surface area contributed by atoms with Crippen LogP contribution in [0.2, 0.25) is 5.02 Å². The first-order chi connectivity index (χ1) is 11.6. The second-order valence-electron chi connectivity index (χ2n) is 5.45. The molecular formula is C17H17ClN2O4. The Bertz CT molecular complexity index is 732. The number of phenolic OH excluding ortho intramolecular Hbond substituents is 1. The molecule has 2 heterocycles. The molecule has 1 aromatic carbocycles. The van der Waals surface area contributed by atoms with Crippen molar-refractivity contribution in [1.82, 2.24) is 4.98 Å². The molecule has 2 N–H and O–H groups in total. The summed E-state index contributed by atoms with van der Waals surface area (Å²) < 4.78 is 11.0. The first-order valence-electron chi connectivity index (χ1n) is 7.62. The molecule has 1 aliphatic rings. The Morgan fingerprint density at radius 1 is 1.33 bits per heavy atom. The number of ether oxygens (including phenoxy) is 2. The summed E-state index contributed by atoms with van der Waals surface area (Å²) in [6.45, 7) is 1.32. The number of nitrogens with one attached hydrogen (secondary N) is 1. The van der Waals surface area contributed by atoms with Crippen LogP contribution in [0.3, 0.4) is 0 Å². The van der Waals surface area contributed by atoms with Gasteiger partial charge in [0.25, 0.3) is 5.91 Å². The van der Waals surface area contributed by atoms with E-state index in [4.69, 9.17) is 21.1 Å². The van der Waals surface area contributed by atoms with Crippen LogP contribution in [0.25, 0.3) is 0 Å². The van der Waals surface area contributed by atoms with E-state index in [1.165, 1.54) is 24.4 Å². The smallest absolute Gasteiger partial charge is 0.257 e. The van der Waals surface area contributed by atoms with Crippen molar-refractivity contribution in [2.24, 2.45) is 0 Å². The van der Waals surface area contributed by atoms with Gasteiger partial charge in [0, 0.05) is 30.8 Å². The van der Waals surface area contributed by atoms with E-state index in [2.05, 4.69) is 10.3 Å². The number of aromatic hydroxyl groups is 1. The number of amides is 1. The van der Waals surface area contributed by atoms with Crippen LogP contribution in [-0.4, -0.2) is 35.3 Å². The molecule has 2 aromatic rings. The monoisotopic (exact) mass is 348 g/mol. The minimum absolute atomic E-state index is 0.0238. The van der Waals surface area contributed by atoms with E-state index in [1.807, 2.05) is 0 Å². The second kappa shape index (κ2) is 7.51. The molecule has 1 aromatic heterocycles. The number of aromatic nitrogens is 1. The number of anilines is 1. The summed E-state index contributed by atoms with van der Waals surface area (Å²) in [5, 5.41) is 12.4. The topological polar surface area (TPSA) is 80.7 Å². The van der Waals surface area contributed by atoms with Crippen molar-refractivity contribution in [1.29, 1.82) is 0 Å². The van der Waals surface area contributed by atoms with E-state index in [-0.39, 0.29) is 22.8 Å². The van der Waals surface area contributed by atoms with Gasteiger partial charge in [-0.05, 0) is 18.2 Å². The van der Waals surface area contributed by atoms with Crippen molar-refractivity contribution in [3.63, 3.8) is 0 Å². The number of pyridine rings is 1. The lowest BCUT2D eigenvalue weighted by molar-refractivity contribution is 0.0238. The van der Waals surface area contributed by atoms with E-state index in [1.54, 1.807) is 12.1 Å². The van der Waals surface area contributed by atoms with Gasteiger partial charge in [0.1, 0.15) is 16.9 Å². The number of phenols is 1. The van der Waals surface area contributed by atoms with E-state index < -0.39 is 0 Å². The van der Waals surface area contributed by atoms with Gasteiger partial charge in [-0.25, -0.2) is 4.98 Å². The Balaban J connectivity index is 1.68. The molecule has 7 heteroatoms. The van der Waals surface area contributed by atoms with Crippen LogP contribution in [-0.2, 0) is 4.74 Å². The van der Waals surface area contributed by atoms with Gasteiger partial charge in [0.15, 0.2) is 0 Å². The Hall–Kier alpha value is -2.31. The molecule has 0 atom stereocenters. The molecule has 126 valence electrons. The Morgan fingerprint density at radius 2 is 2.12 bits per heavy atom. The normalized spacial score (nSPS) is 15.0. The minimum Gasteiger partial charge on any atom is -0.508 e. The molecule has 0 radical (unpaired) electrons. The quantitative estimate of drug-likeness (QED) is 0.886. The van der Waals surface area contributed by atoms with Crippen molar-refractivity contribution in [2.45, 2.75) is 18.9 Å². The van der Waals surface area contributed by atoms with Crippen molar-refractivity contribution >= 4 is 23.2 Å². The summed E-state index contributed by atoms with van der Waals surface area (Å²) in [6, 6.07) is 7.81. The van der Waals surface area contributed by atoms with Crippen molar-refractivity contribution in [3.8, 4) is 11.6 Å². The molecule has 24 heavy (non-hydrogen) atoms. The van der Waals surface area contributed by atoms with Crippen LogP contribution in [0.15, 0.2) is 36.5 Å². The average molecular weight is 349 g/mol. The van der Waals surface area contributed by atoms with Crippen LogP contribution in [0, 0.1) is 0 Å². The zero-order chi connectivity index (χ0) is 16.9. The SMILES string of the molecule is O=C(Nc1cccc(O)c1)c1cnc(OC2CCOCC2)c(Cl)c1. The van der Waals surface area contributed by atoms with Gasteiger partial charge in [-0.2, -0.15) is 0 Å². The van der Waals surface area contributed by atoms with Gasteiger partial charge < -0.3 is 19.9 Å². The predicted molar refractivity (Wildman–Crippen MR) is 89.8 cm³/mol. The predicted octanol–water partition coefficient (Wildman–Crippen LogP) is 3.25. The number of hydrogen-bond donors (Lipinski definition) is 2. The van der Waals surface area contributed by atoms with Crippen molar-refractivity contribution in [3.05, 3.63) is 47.1 Å². The van der Waals surface area contributed by atoms with Gasteiger partial charge >= 0.3 is 0 Å². The van der Waals surface area contributed by atoms with Gasteiger partial charge in [-0.1, -0.05) is 17.7 Å². The number of hydrogen-bond acceptors (Lipinski definition) is 5. The van der Waals surface area contributed by atoms with Gasteiger partial charge in [0.2, 0.25) is 5.88 Å². The number of carbonyl (C=O) groups is 1. The largest absolute Gasteiger partial charge is 0.508 e.